The van der Waals surface area contributed by atoms with E-state index in [1.165, 1.54) is 10.8 Å². The molecule has 2 aromatic carbocycles. The smallest absolute Gasteiger partial charge is 0.359 e. The van der Waals surface area contributed by atoms with Crippen LogP contribution >= 0.6 is 0 Å². The first-order valence-corrected chi connectivity index (χ1v) is 14.8. The van der Waals surface area contributed by atoms with Gasteiger partial charge in [-0.25, -0.2) is 9.59 Å². The van der Waals surface area contributed by atoms with Gasteiger partial charge >= 0.3 is 11.9 Å². The van der Waals surface area contributed by atoms with Gasteiger partial charge < -0.3 is 48.5 Å². The number of carbonyl (C=O) groups is 2. The summed E-state index contributed by atoms with van der Waals surface area (Å²) in [6, 6.07) is 19.8. The van der Waals surface area contributed by atoms with E-state index < -0.39 is 72.8 Å². The molecule has 254 valence electrons. The fraction of sp³-hybridized carbons (Fsp3) is 0.294. The van der Waals surface area contributed by atoms with Crippen molar-refractivity contribution >= 4 is 11.9 Å². The number of hydrogen-bond donors (Lipinski definition) is 4. The van der Waals surface area contributed by atoms with Gasteiger partial charge in [0.15, 0.2) is 22.9 Å². The fourth-order valence-electron chi connectivity index (χ4n) is 4.72. The van der Waals surface area contributed by atoms with Crippen LogP contribution in [0.15, 0.2) is 88.6 Å². The van der Waals surface area contributed by atoms with Gasteiger partial charge in [0.2, 0.25) is 10.9 Å². The summed E-state index contributed by atoms with van der Waals surface area (Å²) in [5, 5.41) is 39.5. The summed E-state index contributed by atoms with van der Waals surface area (Å²) in [6.07, 6.45) is -1.49. The van der Waals surface area contributed by atoms with Gasteiger partial charge in [-0.3, -0.25) is 9.59 Å². The number of hydrogen-bond acceptors (Lipinski definition) is 12. The van der Waals surface area contributed by atoms with E-state index >= 15 is 0 Å². The van der Waals surface area contributed by atoms with Crippen LogP contribution in [0.2, 0.25) is 0 Å². The number of rotatable bonds is 16. The molecule has 14 heteroatoms. The lowest BCUT2D eigenvalue weighted by Crippen LogP contribution is -2.31. The maximum Gasteiger partial charge on any atom is 0.359 e. The first-order valence-electron chi connectivity index (χ1n) is 14.8. The predicted molar refractivity (Wildman–Crippen MR) is 170 cm³/mol. The zero-order valence-corrected chi connectivity index (χ0v) is 26.1. The van der Waals surface area contributed by atoms with Crippen molar-refractivity contribution in [2.45, 2.75) is 45.1 Å². The van der Waals surface area contributed by atoms with Crippen molar-refractivity contribution < 1.29 is 49.0 Å². The van der Waals surface area contributed by atoms with Gasteiger partial charge in [-0.1, -0.05) is 60.7 Å². The summed E-state index contributed by atoms with van der Waals surface area (Å²) in [4.78, 5) is 53.0. The Morgan fingerprint density at radius 1 is 0.708 bits per heavy atom. The fourth-order valence-corrected chi connectivity index (χ4v) is 4.72. The highest BCUT2D eigenvalue weighted by Gasteiger charge is 2.28. The number of benzene rings is 2. The van der Waals surface area contributed by atoms with Gasteiger partial charge in [0, 0.05) is 18.3 Å². The Kier molecular flexibility index (Phi) is 12.6. The number of aliphatic hydroxyl groups is 4. The summed E-state index contributed by atoms with van der Waals surface area (Å²) in [7, 11) is 1.08. The molecular formula is C34H36N2O12. The molecule has 4 rings (SSSR count). The lowest BCUT2D eigenvalue weighted by atomic mass is 10.2. The molecule has 0 amide bonds. The maximum absolute atomic E-state index is 13.7. The third-order valence-corrected chi connectivity index (χ3v) is 7.08. The summed E-state index contributed by atoms with van der Waals surface area (Å²) >= 11 is 0. The van der Waals surface area contributed by atoms with Crippen LogP contribution in [0.1, 0.15) is 37.8 Å². The van der Waals surface area contributed by atoms with Gasteiger partial charge in [0.25, 0.3) is 0 Å². The molecule has 0 fully saturated rings. The molecule has 2 unspecified atom stereocenters. The topological polar surface area (TPSA) is 196 Å². The molecule has 0 spiro atoms. The Balaban J connectivity index is 1.73. The average molecular weight is 665 g/mol. The highest BCUT2D eigenvalue weighted by molar-refractivity contribution is 5.91. The quantitative estimate of drug-likeness (QED) is 0.124. The zero-order chi connectivity index (χ0) is 34.6. The van der Waals surface area contributed by atoms with Gasteiger partial charge in [0.05, 0.1) is 51.3 Å². The molecule has 0 aliphatic carbocycles. The van der Waals surface area contributed by atoms with Crippen LogP contribution in [-0.2, 0) is 42.4 Å². The minimum absolute atomic E-state index is 0.0831. The molecular weight excluding hydrogens is 628 g/mol. The van der Waals surface area contributed by atoms with Crippen LogP contribution in [0.3, 0.4) is 0 Å². The molecule has 14 nitrogen and oxygen atoms in total. The van der Waals surface area contributed by atoms with Gasteiger partial charge in [0.1, 0.15) is 19.8 Å². The SMILES string of the molecule is COC(=O)c1c(OCc2ccccc2)c(=O)cc(COC(=O)c2c(OCc3ccccc3)c(=O)ccn2CC(O)CO)n1CC(O)CO. The summed E-state index contributed by atoms with van der Waals surface area (Å²) in [5.74, 6) is -2.88. The number of nitrogens with zero attached hydrogens (tertiary/aromatic N) is 2. The van der Waals surface area contributed by atoms with Gasteiger partial charge in [-0.2, -0.15) is 0 Å². The number of methoxy groups -OCH3 is 1. The van der Waals surface area contributed by atoms with E-state index in [-0.39, 0.29) is 36.9 Å². The largest absolute Gasteiger partial charge is 0.482 e. The minimum atomic E-state index is -1.41. The minimum Gasteiger partial charge on any atom is -0.482 e. The summed E-state index contributed by atoms with van der Waals surface area (Å²) < 4.78 is 24.3. The second-order valence-electron chi connectivity index (χ2n) is 10.6. The molecule has 4 aromatic rings. The van der Waals surface area contributed by atoms with E-state index in [1.54, 1.807) is 60.7 Å². The number of aliphatic hydroxyl groups excluding tert-OH is 4. The van der Waals surface area contributed by atoms with Crippen molar-refractivity contribution in [3.8, 4) is 11.5 Å². The van der Waals surface area contributed by atoms with Crippen LogP contribution in [0, 0.1) is 0 Å². The van der Waals surface area contributed by atoms with Crippen LogP contribution in [0.25, 0.3) is 0 Å². The summed E-state index contributed by atoms with van der Waals surface area (Å²) in [5.41, 5.74) is -0.901. The third kappa shape index (κ3) is 8.95. The molecule has 4 N–H and O–H groups in total. The zero-order valence-electron chi connectivity index (χ0n) is 26.1. The lowest BCUT2D eigenvalue weighted by Gasteiger charge is -2.22. The second kappa shape index (κ2) is 17.0. The normalized spacial score (nSPS) is 12.2. The molecule has 2 atom stereocenters. The monoisotopic (exact) mass is 664 g/mol. The van der Waals surface area contributed by atoms with E-state index in [9.17, 15) is 39.6 Å². The van der Waals surface area contributed by atoms with E-state index in [0.29, 0.717) is 11.1 Å². The Morgan fingerprint density at radius 3 is 1.79 bits per heavy atom. The molecule has 48 heavy (non-hydrogen) atoms. The second-order valence-corrected chi connectivity index (χ2v) is 10.6. The Labute approximate surface area is 274 Å². The van der Waals surface area contributed by atoms with Crippen LogP contribution in [-0.4, -0.2) is 74.0 Å². The van der Waals surface area contributed by atoms with Crippen LogP contribution < -0.4 is 20.3 Å². The van der Waals surface area contributed by atoms with Crippen molar-refractivity contribution in [2.75, 3.05) is 20.3 Å². The van der Waals surface area contributed by atoms with Gasteiger partial charge in [-0.05, 0) is 11.1 Å². The van der Waals surface area contributed by atoms with Crippen molar-refractivity contribution in [1.82, 2.24) is 9.13 Å². The number of aromatic nitrogens is 2. The first-order chi connectivity index (χ1) is 23.2. The van der Waals surface area contributed by atoms with Crippen molar-refractivity contribution in [3.05, 3.63) is 128 Å². The molecule has 0 aliphatic rings. The predicted octanol–water partition coefficient (Wildman–Crippen LogP) is 1.02. The molecule has 0 aliphatic heterocycles. The molecule has 2 aromatic heterocycles. The van der Waals surface area contributed by atoms with E-state index in [1.807, 2.05) is 0 Å². The highest BCUT2D eigenvalue weighted by atomic mass is 16.5. The van der Waals surface area contributed by atoms with E-state index in [0.717, 1.165) is 23.8 Å². The number of esters is 2. The summed E-state index contributed by atoms with van der Waals surface area (Å²) in [6.45, 7) is -2.94. The number of carbonyl (C=O) groups excluding carboxylic acids is 2. The van der Waals surface area contributed by atoms with Crippen molar-refractivity contribution in [3.63, 3.8) is 0 Å². The molecule has 0 radical (unpaired) electrons. The van der Waals surface area contributed by atoms with Crippen LogP contribution in [0.4, 0.5) is 0 Å². The highest BCUT2D eigenvalue weighted by Crippen LogP contribution is 2.22. The van der Waals surface area contributed by atoms with E-state index in [4.69, 9.17) is 18.9 Å². The van der Waals surface area contributed by atoms with Crippen molar-refractivity contribution in [1.29, 1.82) is 0 Å². The maximum atomic E-state index is 13.7. The lowest BCUT2D eigenvalue weighted by molar-refractivity contribution is 0.0413. The average Bonchev–Trinajstić information content (AvgIpc) is 3.11. The molecule has 0 saturated carbocycles. The number of ether oxygens (including phenoxy) is 4. The number of pyridine rings is 2. The van der Waals surface area contributed by atoms with Gasteiger partial charge in [-0.15, -0.1) is 0 Å². The molecule has 0 saturated heterocycles. The van der Waals surface area contributed by atoms with E-state index in [2.05, 4.69) is 0 Å². The Morgan fingerprint density at radius 2 is 1.25 bits per heavy atom. The molecule has 2 heterocycles. The van der Waals surface area contributed by atoms with Crippen LogP contribution in [0.5, 0.6) is 11.5 Å². The standard InChI is InChI=1S/C34H36N2O12/c1-45-33(43)30-32(47-20-23-10-6-3-7-11-23)28(42)14-24(36(30)16-26(40)18-38)21-48-34(44)29-31(46-19-22-8-4-2-5-9-22)27(41)12-13-35(29)15-25(39)17-37/h2-14,25-26,37-40H,15-21H2,1H3. The van der Waals surface area contributed by atoms with Crippen molar-refractivity contribution in [2.24, 2.45) is 0 Å². The first kappa shape index (κ1) is 35.6. The Hall–Kier alpha value is -5.28. The Bertz CT molecular complexity index is 1810. The third-order valence-electron chi connectivity index (χ3n) is 7.08. The molecule has 0 bridgehead atoms.